The van der Waals surface area contributed by atoms with Crippen molar-refractivity contribution in [2.75, 3.05) is 41.9 Å². The van der Waals surface area contributed by atoms with Gasteiger partial charge in [0.25, 0.3) is 0 Å². The van der Waals surface area contributed by atoms with Gasteiger partial charge in [0.05, 0.1) is 24.7 Å². The van der Waals surface area contributed by atoms with Gasteiger partial charge in [-0.05, 0) is 43.9 Å². The van der Waals surface area contributed by atoms with Gasteiger partial charge in [-0.15, -0.1) is 0 Å². The first-order chi connectivity index (χ1) is 22.8. The van der Waals surface area contributed by atoms with E-state index in [9.17, 15) is 10.4 Å². The van der Waals surface area contributed by atoms with Crippen molar-refractivity contribution < 1.29 is 9.84 Å². The van der Waals surface area contributed by atoms with E-state index < -0.39 is 5.60 Å². The molecule has 4 heterocycles. The van der Waals surface area contributed by atoms with Gasteiger partial charge >= 0.3 is 6.01 Å². The van der Waals surface area contributed by atoms with E-state index in [4.69, 9.17) is 9.72 Å². The maximum atomic E-state index is 10.2. The molecule has 1 saturated heterocycles. The van der Waals surface area contributed by atoms with Crippen molar-refractivity contribution in [3.8, 4) is 23.2 Å². The van der Waals surface area contributed by atoms with E-state index in [1.54, 1.807) is 25.5 Å². The quantitative estimate of drug-likeness (QED) is 0.154. The minimum absolute atomic E-state index is 0.123. The number of aliphatic hydroxyl groups is 1. The number of pyridine rings is 1. The lowest BCUT2D eigenvalue weighted by atomic mass is 9.96. The molecule has 0 bridgehead atoms. The fourth-order valence-corrected chi connectivity index (χ4v) is 5.57. The molecule has 1 aliphatic heterocycles. The van der Waals surface area contributed by atoms with Crippen molar-refractivity contribution in [2.45, 2.75) is 57.7 Å². The van der Waals surface area contributed by atoms with Crippen LogP contribution in [0.3, 0.4) is 0 Å². The number of hydrogen-bond acceptors (Lipinski definition) is 12. The highest BCUT2D eigenvalue weighted by Gasteiger charge is 2.38. The zero-order valence-corrected chi connectivity index (χ0v) is 27.2. The van der Waals surface area contributed by atoms with Gasteiger partial charge < -0.3 is 30.3 Å². The van der Waals surface area contributed by atoms with Gasteiger partial charge in [-0.2, -0.15) is 10.2 Å². The number of aromatic nitrogens is 5. The number of nitrogens with one attached hydrogen (secondary N) is 2. The van der Waals surface area contributed by atoms with Crippen LogP contribution in [0.5, 0.6) is 6.01 Å². The maximum Gasteiger partial charge on any atom is 0.316 e. The summed E-state index contributed by atoms with van der Waals surface area (Å²) in [7, 11) is 1.54. The van der Waals surface area contributed by atoms with E-state index >= 15 is 0 Å². The average Bonchev–Trinajstić information content (AvgIpc) is 3.08. The van der Waals surface area contributed by atoms with Crippen LogP contribution in [0.2, 0.25) is 0 Å². The van der Waals surface area contributed by atoms with E-state index in [1.807, 2.05) is 41.4 Å². The molecule has 1 fully saturated rings. The van der Waals surface area contributed by atoms with Gasteiger partial charge in [-0.25, -0.2) is 19.9 Å². The number of rotatable bonds is 16. The summed E-state index contributed by atoms with van der Waals surface area (Å²) in [6.07, 6.45) is 10.4. The van der Waals surface area contributed by atoms with Crippen molar-refractivity contribution >= 4 is 17.6 Å². The van der Waals surface area contributed by atoms with Crippen LogP contribution >= 0.6 is 0 Å². The van der Waals surface area contributed by atoms with Crippen LogP contribution in [0.25, 0.3) is 11.1 Å². The molecular weight excluding hydrogens is 592 g/mol. The summed E-state index contributed by atoms with van der Waals surface area (Å²) in [5, 5.41) is 26.8. The number of ether oxygens (including phenoxy) is 1. The molecule has 0 radical (unpaired) electrons. The third-order valence-corrected chi connectivity index (χ3v) is 7.99. The lowest BCUT2D eigenvalue weighted by Gasteiger charge is -2.45. The third kappa shape index (κ3) is 8.71. The highest BCUT2D eigenvalue weighted by atomic mass is 16.5. The van der Waals surface area contributed by atoms with E-state index in [0.717, 1.165) is 54.0 Å². The molecule has 244 valence electrons. The van der Waals surface area contributed by atoms with Crippen LogP contribution in [-0.4, -0.2) is 68.4 Å². The Morgan fingerprint density at radius 2 is 1.81 bits per heavy atom. The molecule has 4 aromatic rings. The van der Waals surface area contributed by atoms with Gasteiger partial charge in [-0.3, -0.25) is 0 Å². The van der Waals surface area contributed by atoms with Gasteiger partial charge in [0.2, 0.25) is 5.95 Å². The van der Waals surface area contributed by atoms with Crippen LogP contribution < -0.4 is 25.2 Å². The van der Waals surface area contributed by atoms with Crippen LogP contribution in [0, 0.1) is 11.3 Å². The molecule has 47 heavy (non-hydrogen) atoms. The normalized spacial score (nSPS) is 14.0. The minimum Gasteiger partial charge on any atom is -0.467 e. The van der Waals surface area contributed by atoms with E-state index in [2.05, 4.69) is 67.2 Å². The standard InChI is InChI=1S/C35H42N10O2/c1-5-10-30(42-33-39-20-28(17-36)32(43-33)44-23-35(3,46)24-44)13-9-16-45(25(2)37-18-26-11-7-6-8-12-26)31-15-14-27(19-38-31)29-21-40-34(47-4)41-22-29/h6-8,11-12,14-15,19-22,30,37,46H,2,5,9-10,13,16,18,23-24H2,1,3-4H3,(H,39,42,43). The zero-order chi connectivity index (χ0) is 33.2. The summed E-state index contributed by atoms with van der Waals surface area (Å²) >= 11 is 0. The summed E-state index contributed by atoms with van der Waals surface area (Å²) in [5.74, 6) is 2.57. The highest BCUT2D eigenvalue weighted by Crippen LogP contribution is 2.29. The fraction of sp³-hybridized carbons (Fsp3) is 0.371. The van der Waals surface area contributed by atoms with Crippen LogP contribution in [0.4, 0.5) is 17.6 Å². The molecule has 1 aromatic carbocycles. The second-order valence-electron chi connectivity index (χ2n) is 12.0. The second-order valence-corrected chi connectivity index (χ2v) is 12.0. The number of methoxy groups -OCH3 is 1. The summed E-state index contributed by atoms with van der Waals surface area (Å²) in [4.78, 5) is 26.3. The lowest BCUT2D eigenvalue weighted by Crippen LogP contribution is -2.60. The molecule has 1 unspecified atom stereocenters. The van der Waals surface area contributed by atoms with Crippen molar-refractivity contribution in [3.05, 3.63) is 90.8 Å². The zero-order valence-electron chi connectivity index (χ0n) is 27.2. The molecule has 12 heteroatoms. The predicted molar refractivity (Wildman–Crippen MR) is 183 cm³/mol. The number of nitriles is 1. The highest BCUT2D eigenvalue weighted by molar-refractivity contribution is 5.63. The number of anilines is 3. The Morgan fingerprint density at radius 1 is 1.06 bits per heavy atom. The Balaban J connectivity index is 1.27. The average molecular weight is 635 g/mol. The molecule has 3 aromatic heterocycles. The van der Waals surface area contributed by atoms with Crippen LogP contribution in [-0.2, 0) is 6.54 Å². The number of β-amino-alcohol motifs (C(OH)–C–C–N with tert-alkyl or cyclic N) is 1. The lowest BCUT2D eigenvalue weighted by molar-refractivity contribution is 0.0305. The third-order valence-electron chi connectivity index (χ3n) is 7.99. The number of hydrogen-bond donors (Lipinski definition) is 3. The Morgan fingerprint density at radius 3 is 2.45 bits per heavy atom. The fourth-order valence-electron chi connectivity index (χ4n) is 5.57. The Labute approximate surface area is 276 Å². The Bertz CT molecular complexity index is 1650. The van der Waals surface area contributed by atoms with E-state index in [1.165, 1.54) is 7.11 Å². The first-order valence-electron chi connectivity index (χ1n) is 15.9. The largest absolute Gasteiger partial charge is 0.467 e. The predicted octanol–water partition coefficient (Wildman–Crippen LogP) is 4.91. The molecule has 3 N–H and O–H groups in total. The van der Waals surface area contributed by atoms with Crippen molar-refractivity contribution in [1.82, 2.24) is 30.2 Å². The molecule has 0 amide bonds. The molecule has 0 saturated carbocycles. The molecule has 1 aliphatic rings. The van der Waals surface area contributed by atoms with Crippen molar-refractivity contribution in [2.24, 2.45) is 0 Å². The first kappa shape index (κ1) is 33.1. The van der Waals surface area contributed by atoms with Crippen molar-refractivity contribution in [1.29, 1.82) is 5.26 Å². The number of nitrogens with zero attached hydrogens (tertiary/aromatic N) is 8. The summed E-state index contributed by atoms with van der Waals surface area (Å²) in [6.45, 7) is 10.5. The van der Waals surface area contributed by atoms with Gasteiger partial charge in [0.15, 0.2) is 5.82 Å². The topological polar surface area (TPSA) is 148 Å². The monoisotopic (exact) mass is 634 g/mol. The van der Waals surface area contributed by atoms with Crippen LogP contribution in [0.15, 0.2) is 79.7 Å². The van der Waals surface area contributed by atoms with Gasteiger partial charge in [0, 0.05) is 61.9 Å². The van der Waals surface area contributed by atoms with Crippen LogP contribution in [0.1, 0.15) is 50.7 Å². The van der Waals surface area contributed by atoms with Gasteiger partial charge in [-0.1, -0.05) is 50.3 Å². The SMILES string of the molecule is C=C(NCc1ccccc1)N(CCCC(CCC)Nc1ncc(C#N)c(N2CC(C)(O)C2)n1)c1ccc(-c2cnc(OC)nc2)cn1. The Hall–Kier alpha value is -5.28. The number of benzene rings is 1. The summed E-state index contributed by atoms with van der Waals surface area (Å²) in [5.41, 5.74) is 2.52. The summed E-state index contributed by atoms with van der Waals surface area (Å²) < 4.78 is 5.08. The van der Waals surface area contributed by atoms with E-state index in [0.29, 0.717) is 49.5 Å². The molecular formula is C35H42N10O2. The minimum atomic E-state index is -0.777. The Kier molecular flexibility index (Phi) is 10.8. The molecule has 5 rings (SSSR count). The molecule has 1 atom stereocenters. The van der Waals surface area contributed by atoms with Gasteiger partial charge in [0.1, 0.15) is 17.5 Å². The smallest absolute Gasteiger partial charge is 0.316 e. The maximum absolute atomic E-state index is 10.2. The summed E-state index contributed by atoms with van der Waals surface area (Å²) in [6, 6.07) is 16.8. The second kappa shape index (κ2) is 15.3. The molecule has 0 spiro atoms. The first-order valence-corrected chi connectivity index (χ1v) is 15.9. The molecule has 0 aliphatic carbocycles. The van der Waals surface area contributed by atoms with Crippen molar-refractivity contribution in [3.63, 3.8) is 0 Å². The van der Waals surface area contributed by atoms with E-state index in [-0.39, 0.29) is 6.04 Å². The molecule has 12 nitrogen and oxygen atoms in total.